The van der Waals surface area contributed by atoms with E-state index < -0.39 is 0 Å². The molecule has 3 N–H and O–H groups in total. The SMILES string of the molecule is CNc1ncc(-c2ccc[nH]2)[nH]1. The van der Waals surface area contributed by atoms with E-state index in [1.807, 2.05) is 25.4 Å². The maximum absolute atomic E-state index is 4.10. The van der Waals surface area contributed by atoms with Gasteiger partial charge < -0.3 is 15.3 Å². The molecule has 0 saturated carbocycles. The highest BCUT2D eigenvalue weighted by atomic mass is 15.1. The number of aromatic nitrogens is 3. The van der Waals surface area contributed by atoms with E-state index in [4.69, 9.17) is 0 Å². The number of hydrogen-bond donors (Lipinski definition) is 3. The predicted molar refractivity (Wildman–Crippen MR) is 47.9 cm³/mol. The number of hydrogen-bond acceptors (Lipinski definition) is 2. The molecule has 2 aromatic heterocycles. The normalized spacial score (nSPS) is 10.1. The minimum absolute atomic E-state index is 0.777. The highest BCUT2D eigenvalue weighted by molar-refractivity contribution is 5.55. The van der Waals surface area contributed by atoms with Crippen molar-refractivity contribution in [2.45, 2.75) is 0 Å². The van der Waals surface area contributed by atoms with E-state index in [9.17, 15) is 0 Å². The molecule has 0 aliphatic carbocycles. The van der Waals surface area contributed by atoms with Gasteiger partial charge in [0, 0.05) is 13.2 Å². The Morgan fingerprint density at radius 2 is 2.33 bits per heavy atom. The number of anilines is 1. The molecule has 0 amide bonds. The molecule has 0 aliphatic heterocycles. The lowest BCUT2D eigenvalue weighted by Gasteiger charge is -1.91. The topological polar surface area (TPSA) is 56.5 Å². The third-order valence-electron chi connectivity index (χ3n) is 1.70. The van der Waals surface area contributed by atoms with Gasteiger partial charge in [-0.1, -0.05) is 0 Å². The van der Waals surface area contributed by atoms with E-state index in [1.165, 1.54) is 0 Å². The average molecular weight is 162 g/mol. The molecule has 2 heterocycles. The van der Waals surface area contributed by atoms with Gasteiger partial charge in [0.2, 0.25) is 0 Å². The second kappa shape index (κ2) is 2.73. The highest BCUT2D eigenvalue weighted by Gasteiger charge is 2.00. The van der Waals surface area contributed by atoms with Crippen LogP contribution < -0.4 is 5.32 Å². The Bertz CT molecular complexity index is 347. The fourth-order valence-electron chi connectivity index (χ4n) is 1.08. The zero-order valence-corrected chi connectivity index (χ0v) is 6.76. The zero-order chi connectivity index (χ0) is 8.39. The molecule has 0 fully saturated rings. The second-order valence-electron chi connectivity index (χ2n) is 2.48. The number of imidazole rings is 1. The molecule has 0 aromatic carbocycles. The molecule has 62 valence electrons. The van der Waals surface area contributed by atoms with Crippen LogP contribution in [0.1, 0.15) is 0 Å². The second-order valence-corrected chi connectivity index (χ2v) is 2.48. The number of nitrogens with zero attached hydrogens (tertiary/aromatic N) is 1. The van der Waals surface area contributed by atoms with Crippen LogP contribution in [0.2, 0.25) is 0 Å². The Morgan fingerprint density at radius 3 is 2.92 bits per heavy atom. The van der Waals surface area contributed by atoms with E-state index in [2.05, 4.69) is 20.3 Å². The van der Waals surface area contributed by atoms with E-state index in [-0.39, 0.29) is 0 Å². The summed E-state index contributed by atoms with van der Waals surface area (Å²) in [5.41, 5.74) is 2.04. The largest absolute Gasteiger partial charge is 0.360 e. The first-order chi connectivity index (χ1) is 5.90. The Labute approximate surface area is 70.0 Å². The average Bonchev–Trinajstić information content (AvgIpc) is 2.75. The molecule has 0 atom stereocenters. The monoisotopic (exact) mass is 162 g/mol. The molecule has 0 radical (unpaired) electrons. The summed E-state index contributed by atoms with van der Waals surface area (Å²) in [5, 5.41) is 2.93. The van der Waals surface area contributed by atoms with Crippen molar-refractivity contribution in [2.24, 2.45) is 0 Å². The van der Waals surface area contributed by atoms with Crippen molar-refractivity contribution < 1.29 is 0 Å². The summed E-state index contributed by atoms with van der Waals surface area (Å²) in [6.45, 7) is 0. The Hall–Kier alpha value is -1.71. The maximum atomic E-state index is 4.10. The van der Waals surface area contributed by atoms with Crippen molar-refractivity contribution >= 4 is 5.95 Å². The number of rotatable bonds is 2. The van der Waals surface area contributed by atoms with Gasteiger partial charge in [0.1, 0.15) is 0 Å². The first kappa shape index (κ1) is 6.97. The molecule has 4 heteroatoms. The summed E-state index contributed by atoms with van der Waals surface area (Å²) in [6, 6.07) is 3.95. The van der Waals surface area contributed by atoms with Crippen molar-refractivity contribution in [3.05, 3.63) is 24.5 Å². The smallest absolute Gasteiger partial charge is 0.200 e. The number of aromatic amines is 2. The van der Waals surface area contributed by atoms with Crippen LogP contribution in [0.25, 0.3) is 11.4 Å². The van der Waals surface area contributed by atoms with Crippen LogP contribution in [0, 0.1) is 0 Å². The Kier molecular flexibility index (Phi) is 1.59. The molecule has 0 unspecified atom stereocenters. The molecule has 0 bridgehead atoms. The summed E-state index contributed by atoms with van der Waals surface area (Å²) < 4.78 is 0. The van der Waals surface area contributed by atoms with Crippen LogP contribution in [0.4, 0.5) is 5.95 Å². The Morgan fingerprint density at radius 1 is 1.42 bits per heavy atom. The van der Waals surface area contributed by atoms with Crippen molar-refractivity contribution in [1.82, 2.24) is 15.0 Å². The molecule has 0 saturated heterocycles. The Balaban J connectivity index is 2.35. The predicted octanol–water partition coefficient (Wildman–Crippen LogP) is 1.45. The van der Waals surface area contributed by atoms with Crippen LogP contribution >= 0.6 is 0 Å². The van der Waals surface area contributed by atoms with E-state index in [0.29, 0.717) is 0 Å². The van der Waals surface area contributed by atoms with Gasteiger partial charge in [-0.3, -0.25) is 0 Å². The molecule has 0 spiro atoms. The number of H-pyrrole nitrogens is 2. The third-order valence-corrected chi connectivity index (χ3v) is 1.70. The van der Waals surface area contributed by atoms with Crippen LogP contribution in [0.15, 0.2) is 24.5 Å². The maximum Gasteiger partial charge on any atom is 0.200 e. The molecular weight excluding hydrogens is 152 g/mol. The van der Waals surface area contributed by atoms with Crippen molar-refractivity contribution in [2.75, 3.05) is 12.4 Å². The van der Waals surface area contributed by atoms with Gasteiger partial charge in [0.05, 0.1) is 17.6 Å². The summed E-state index contributed by atoms with van der Waals surface area (Å²) >= 11 is 0. The van der Waals surface area contributed by atoms with Gasteiger partial charge in [-0.15, -0.1) is 0 Å². The molecule has 0 aliphatic rings. The van der Waals surface area contributed by atoms with Crippen LogP contribution in [-0.2, 0) is 0 Å². The molecular formula is C8H10N4. The lowest BCUT2D eigenvalue weighted by atomic mass is 10.3. The minimum atomic E-state index is 0.777. The summed E-state index contributed by atoms with van der Waals surface area (Å²) in [6.07, 6.45) is 3.67. The van der Waals surface area contributed by atoms with Gasteiger partial charge in [-0.05, 0) is 12.1 Å². The van der Waals surface area contributed by atoms with Crippen molar-refractivity contribution in [1.29, 1.82) is 0 Å². The van der Waals surface area contributed by atoms with Crippen molar-refractivity contribution in [3.8, 4) is 11.4 Å². The van der Waals surface area contributed by atoms with E-state index in [0.717, 1.165) is 17.3 Å². The van der Waals surface area contributed by atoms with Crippen LogP contribution in [0.3, 0.4) is 0 Å². The molecule has 2 aromatic rings. The summed E-state index contributed by atoms with van der Waals surface area (Å²) in [7, 11) is 1.83. The third kappa shape index (κ3) is 1.07. The van der Waals surface area contributed by atoms with E-state index >= 15 is 0 Å². The molecule has 12 heavy (non-hydrogen) atoms. The quantitative estimate of drug-likeness (QED) is 0.626. The number of nitrogens with one attached hydrogen (secondary N) is 3. The van der Waals surface area contributed by atoms with Crippen LogP contribution in [0.5, 0.6) is 0 Å². The minimum Gasteiger partial charge on any atom is -0.360 e. The van der Waals surface area contributed by atoms with Crippen LogP contribution in [-0.4, -0.2) is 22.0 Å². The fourth-order valence-corrected chi connectivity index (χ4v) is 1.08. The first-order valence-corrected chi connectivity index (χ1v) is 3.76. The highest BCUT2D eigenvalue weighted by Crippen LogP contribution is 2.14. The van der Waals surface area contributed by atoms with Crippen molar-refractivity contribution in [3.63, 3.8) is 0 Å². The lowest BCUT2D eigenvalue weighted by molar-refractivity contribution is 1.25. The lowest BCUT2D eigenvalue weighted by Crippen LogP contribution is -1.88. The zero-order valence-electron chi connectivity index (χ0n) is 6.76. The van der Waals surface area contributed by atoms with Gasteiger partial charge in [0.15, 0.2) is 5.95 Å². The summed E-state index contributed by atoms with van der Waals surface area (Å²) in [5.74, 6) is 0.777. The first-order valence-electron chi connectivity index (χ1n) is 3.76. The summed E-state index contributed by atoms with van der Waals surface area (Å²) in [4.78, 5) is 10.3. The standard InChI is InChI=1S/C8H10N4/c1-9-8-11-5-7(12-8)6-3-2-4-10-6/h2-5,10H,1H3,(H2,9,11,12). The van der Waals surface area contributed by atoms with Gasteiger partial charge >= 0.3 is 0 Å². The fraction of sp³-hybridized carbons (Fsp3) is 0.125. The van der Waals surface area contributed by atoms with Gasteiger partial charge in [0.25, 0.3) is 0 Å². The van der Waals surface area contributed by atoms with Gasteiger partial charge in [-0.2, -0.15) is 0 Å². The molecule has 4 nitrogen and oxygen atoms in total. The van der Waals surface area contributed by atoms with E-state index in [1.54, 1.807) is 6.20 Å². The van der Waals surface area contributed by atoms with Gasteiger partial charge in [-0.25, -0.2) is 4.98 Å². The molecule has 2 rings (SSSR count).